The van der Waals surface area contributed by atoms with E-state index in [4.69, 9.17) is 0 Å². The molecule has 0 unspecified atom stereocenters. The van der Waals surface area contributed by atoms with Gasteiger partial charge in [-0.05, 0) is 55.2 Å². The summed E-state index contributed by atoms with van der Waals surface area (Å²) >= 11 is 0. The molecule has 1 heterocycles. The molecule has 3 aromatic rings. The van der Waals surface area contributed by atoms with Crippen molar-refractivity contribution in [2.45, 2.75) is 37.6 Å². The number of anilines is 1. The number of aryl methyl sites for hydroxylation is 2. The minimum atomic E-state index is -3.80. The maximum absolute atomic E-state index is 13.3. The number of sulfonamides is 1. The largest absolute Gasteiger partial charge is 0.312 e. The number of nitrogens with one attached hydrogen (secondary N) is 1. The molecule has 1 aliphatic heterocycles. The number of carbonyl (C=O) groups excluding carboxylic acids is 1. The second-order valence-corrected chi connectivity index (χ2v) is 9.69. The quantitative estimate of drug-likeness (QED) is 0.621. The molecular weight excluding hydrogens is 408 g/mol. The zero-order valence-corrected chi connectivity index (χ0v) is 18.5. The predicted molar refractivity (Wildman–Crippen MR) is 123 cm³/mol. The van der Waals surface area contributed by atoms with Crippen molar-refractivity contribution < 1.29 is 13.2 Å². The van der Waals surface area contributed by atoms with E-state index in [1.807, 2.05) is 68.4 Å². The average Bonchev–Trinajstić information content (AvgIpc) is 3.19. The van der Waals surface area contributed by atoms with Crippen molar-refractivity contribution >= 4 is 21.6 Å². The van der Waals surface area contributed by atoms with Gasteiger partial charge in [0.2, 0.25) is 15.9 Å². The van der Waals surface area contributed by atoms with Crippen molar-refractivity contribution in [3.8, 4) is 0 Å². The van der Waals surface area contributed by atoms with Crippen LogP contribution in [-0.4, -0.2) is 20.9 Å². The zero-order chi connectivity index (χ0) is 22.0. The maximum Gasteiger partial charge on any atom is 0.241 e. The molecule has 1 fully saturated rings. The number of rotatable bonds is 6. The molecule has 1 N–H and O–H groups in total. The first-order valence-corrected chi connectivity index (χ1v) is 11.9. The van der Waals surface area contributed by atoms with E-state index in [1.54, 1.807) is 23.1 Å². The van der Waals surface area contributed by atoms with Gasteiger partial charge >= 0.3 is 0 Å². The molecule has 0 aromatic heterocycles. The van der Waals surface area contributed by atoms with Crippen LogP contribution in [0.4, 0.5) is 5.69 Å². The van der Waals surface area contributed by atoms with Gasteiger partial charge in [0, 0.05) is 18.7 Å². The number of amides is 1. The van der Waals surface area contributed by atoms with Crippen LogP contribution in [-0.2, 0) is 14.8 Å². The minimum absolute atomic E-state index is 0.0837. The van der Waals surface area contributed by atoms with Gasteiger partial charge in [-0.25, -0.2) is 8.42 Å². The van der Waals surface area contributed by atoms with E-state index in [-0.39, 0.29) is 10.8 Å². The first kappa shape index (κ1) is 21.3. The number of hydrogen-bond donors (Lipinski definition) is 1. The van der Waals surface area contributed by atoms with E-state index >= 15 is 0 Å². The Morgan fingerprint density at radius 1 is 0.903 bits per heavy atom. The Balaban J connectivity index is 1.67. The van der Waals surface area contributed by atoms with Crippen LogP contribution in [0.2, 0.25) is 0 Å². The molecule has 1 atom stereocenters. The highest BCUT2D eigenvalue weighted by atomic mass is 32.2. The number of carbonyl (C=O) groups is 1. The Labute approximate surface area is 183 Å². The second kappa shape index (κ2) is 8.65. The van der Waals surface area contributed by atoms with Crippen LogP contribution in [0.25, 0.3) is 0 Å². The molecule has 5 nitrogen and oxygen atoms in total. The molecule has 3 aromatic carbocycles. The van der Waals surface area contributed by atoms with Gasteiger partial charge < -0.3 is 4.90 Å². The number of nitrogens with zero attached hydrogens (tertiary/aromatic N) is 1. The highest BCUT2D eigenvalue weighted by molar-refractivity contribution is 7.89. The summed E-state index contributed by atoms with van der Waals surface area (Å²) in [6, 6.07) is 21.8. The van der Waals surface area contributed by atoms with Crippen molar-refractivity contribution in [2.24, 2.45) is 0 Å². The van der Waals surface area contributed by atoms with E-state index < -0.39 is 16.1 Å². The lowest BCUT2D eigenvalue weighted by Gasteiger charge is -2.22. The van der Waals surface area contributed by atoms with Crippen LogP contribution in [0.3, 0.4) is 0 Å². The molecule has 6 heteroatoms. The van der Waals surface area contributed by atoms with Crippen LogP contribution < -0.4 is 9.62 Å². The summed E-state index contributed by atoms with van der Waals surface area (Å²) in [7, 11) is -3.80. The third-order valence-electron chi connectivity index (χ3n) is 5.66. The smallest absolute Gasteiger partial charge is 0.241 e. The van der Waals surface area contributed by atoms with Gasteiger partial charge in [-0.15, -0.1) is 0 Å². The van der Waals surface area contributed by atoms with Gasteiger partial charge in [-0.2, -0.15) is 4.72 Å². The molecule has 0 bridgehead atoms. The van der Waals surface area contributed by atoms with E-state index in [0.717, 1.165) is 34.4 Å². The van der Waals surface area contributed by atoms with Crippen molar-refractivity contribution in [1.29, 1.82) is 0 Å². The molecule has 0 aliphatic carbocycles. The molecule has 160 valence electrons. The third-order valence-corrected chi connectivity index (χ3v) is 7.08. The highest BCUT2D eigenvalue weighted by Gasteiger charge is 2.26. The summed E-state index contributed by atoms with van der Waals surface area (Å²) in [5, 5.41) is 0. The molecule has 1 saturated heterocycles. The average molecular weight is 435 g/mol. The summed E-state index contributed by atoms with van der Waals surface area (Å²) in [6.07, 6.45) is 1.37. The Bertz CT molecular complexity index is 1190. The molecule has 0 saturated carbocycles. The van der Waals surface area contributed by atoms with Crippen LogP contribution >= 0.6 is 0 Å². The fraction of sp³-hybridized carbons (Fsp3) is 0.240. The molecule has 31 heavy (non-hydrogen) atoms. The van der Waals surface area contributed by atoms with Crippen LogP contribution in [0.5, 0.6) is 0 Å². The summed E-state index contributed by atoms with van der Waals surface area (Å²) in [6.45, 7) is 4.52. The standard InChI is InChI=1S/C25H26N2O3S/c1-18-10-12-21(13-11-18)25(20-7-4-3-5-8-20)26-31(29,30)22-14-15-23(19(2)17-22)27-16-6-9-24(27)28/h3-5,7-8,10-15,17,25-26H,6,9,16H2,1-2H3/t25-/m1/s1. The minimum Gasteiger partial charge on any atom is -0.312 e. The number of hydrogen-bond acceptors (Lipinski definition) is 3. The molecule has 1 amide bonds. The lowest BCUT2D eigenvalue weighted by Crippen LogP contribution is -2.30. The summed E-state index contributed by atoms with van der Waals surface area (Å²) in [5.74, 6) is 0.0837. The Hall–Kier alpha value is -2.96. The Morgan fingerprint density at radius 3 is 2.19 bits per heavy atom. The van der Waals surface area contributed by atoms with Crippen LogP contribution in [0.15, 0.2) is 77.7 Å². The second-order valence-electron chi connectivity index (χ2n) is 7.97. The maximum atomic E-state index is 13.3. The number of benzene rings is 3. The third kappa shape index (κ3) is 4.55. The highest BCUT2D eigenvalue weighted by Crippen LogP contribution is 2.29. The van der Waals surface area contributed by atoms with Gasteiger partial charge in [0.05, 0.1) is 10.9 Å². The molecule has 4 rings (SSSR count). The Morgan fingerprint density at radius 2 is 1.58 bits per heavy atom. The van der Waals surface area contributed by atoms with Crippen molar-refractivity contribution in [3.63, 3.8) is 0 Å². The van der Waals surface area contributed by atoms with Gasteiger partial charge in [0.15, 0.2) is 0 Å². The molecule has 0 spiro atoms. The van der Waals surface area contributed by atoms with E-state index in [1.165, 1.54) is 0 Å². The van der Waals surface area contributed by atoms with E-state index in [2.05, 4.69) is 4.72 Å². The first-order chi connectivity index (χ1) is 14.8. The van der Waals surface area contributed by atoms with E-state index in [0.29, 0.717) is 13.0 Å². The fourth-order valence-corrected chi connectivity index (χ4v) is 5.25. The molecule has 1 aliphatic rings. The van der Waals surface area contributed by atoms with Crippen LogP contribution in [0, 0.1) is 13.8 Å². The summed E-state index contributed by atoms with van der Waals surface area (Å²) < 4.78 is 29.5. The first-order valence-electron chi connectivity index (χ1n) is 10.4. The molecule has 0 radical (unpaired) electrons. The van der Waals surface area contributed by atoms with Gasteiger partial charge in [-0.3, -0.25) is 4.79 Å². The van der Waals surface area contributed by atoms with E-state index in [9.17, 15) is 13.2 Å². The predicted octanol–water partition coefficient (Wildman–Crippen LogP) is 4.50. The van der Waals surface area contributed by atoms with Gasteiger partial charge in [-0.1, -0.05) is 60.2 Å². The monoisotopic (exact) mass is 434 g/mol. The summed E-state index contributed by atoms with van der Waals surface area (Å²) in [4.78, 5) is 14.0. The van der Waals surface area contributed by atoms with Gasteiger partial charge in [0.25, 0.3) is 0 Å². The molecular formula is C25H26N2O3S. The van der Waals surface area contributed by atoms with Gasteiger partial charge in [0.1, 0.15) is 0 Å². The Kier molecular flexibility index (Phi) is 5.94. The SMILES string of the molecule is Cc1ccc([C@H](NS(=O)(=O)c2ccc(N3CCCC3=O)c(C)c2)c2ccccc2)cc1. The lowest BCUT2D eigenvalue weighted by molar-refractivity contribution is -0.117. The van der Waals surface area contributed by atoms with Crippen LogP contribution in [0.1, 0.15) is 41.1 Å². The summed E-state index contributed by atoms with van der Waals surface area (Å²) in [5.41, 5.74) is 4.40. The normalized spacial score (nSPS) is 15.3. The van der Waals surface area contributed by atoms with Crippen molar-refractivity contribution in [1.82, 2.24) is 4.72 Å². The van der Waals surface area contributed by atoms with Crippen molar-refractivity contribution in [2.75, 3.05) is 11.4 Å². The zero-order valence-electron chi connectivity index (χ0n) is 17.7. The fourth-order valence-electron chi connectivity index (χ4n) is 3.96. The van der Waals surface area contributed by atoms with Crippen molar-refractivity contribution in [3.05, 3.63) is 95.1 Å². The lowest BCUT2D eigenvalue weighted by atomic mass is 9.99. The topological polar surface area (TPSA) is 66.5 Å².